The number of ether oxygens (including phenoxy) is 1. The van der Waals surface area contributed by atoms with Crippen LogP contribution < -0.4 is 10.2 Å². The van der Waals surface area contributed by atoms with Gasteiger partial charge in [0.15, 0.2) is 15.7 Å². The van der Waals surface area contributed by atoms with Crippen molar-refractivity contribution in [1.29, 1.82) is 0 Å². The van der Waals surface area contributed by atoms with Crippen molar-refractivity contribution in [1.82, 2.24) is 4.98 Å². The Hall–Kier alpha value is -2.16. The third-order valence-corrected chi connectivity index (χ3v) is 4.77. The van der Waals surface area contributed by atoms with E-state index in [1.54, 1.807) is 20.8 Å². The zero-order chi connectivity index (χ0) is 18.7. The number of amides is 2. The van der Waals surface area contributed by atoms with Gasteiger partial charge in [-0.25, -0.2) is 18.2 Å². The number of carbonyl (C=O) groups is 2. The van der Waals surface area contributed by atoms with Crippen LogP contribution >= 0.6 is 0 Å². The van der Waals surface area contributed by atoms with Crippen molar-refractivity contribution < 1.29 is 22.7 Å². The van der Waals surface area contributed by atoms with Crippen LogP contribution in [0.2, 0.25) is 0 Å². The third-order valence-electron chi connectivity index (χ3n) is 3.03. The quantitative estimate of drug-likeness (QED) is 0.885. The molecule has 0 saturated heterocycles. The molecule has 1 N–H and O–H groups in total. The summed E-state index contributed by atoms with van der Waals surface area (Å²) in [6.45, 7) is 7.90. The molecule has 9 heteroatoms. The van der Waals surface area contributed by atoms with Crippen LogP contribution in [-0.2, 0) is 19.4 Å². The summed E-state index contributed by atoms with van der Waals surface area (Å²) in [4.78, 5) is 28.4. The molecule has 2 amide bonds. The highest BCUT2D eigenvalue weighted by molar-refractivity contribution is 7.91. The van der Waals surface area contributed by atoms with E-state index >= 15 is 0 Å². The first kappa shape index (κ1) is 19.9. The SMILES string of the molecule is CCS(=O)(=O)c1cc(N(C)C(C)=O)cnc1NC(=O)OC(C)(C)C. The minimum Gasteiger partial charge on any atom is -0.444 e. The lowest BCUT2D eigenvalue weighted by Crippen LogP contribution is -2.28. The van der Waals surface area contributed by atoms with Crippen LogP contribution in [0.1, 0.15) is 34.6 Å². The lowest BCUT2D eigenvalue weighted by molar-refractivity contribution is -0.116. The van der Waals surface area contributed by atoms with Gasteiger partial charge >= 0.3 is 6.09 Å². The Morgan fingerprint density at radius 2 is 1.92 bits per heavy atom. The number of carbonyl (C=O) groups excluding carboxylic acids is 2. The van der Waals surface area contributed by atoms with Gasteiger partial charge in [0.2, 0.25) is 5.91 Å². The summed E-state index contributed by atoms with van der Waals surface area (Å²) in [6, 6.07) is 1.31. The minimum absolute atomic E-state index is 0.133. The van der Waals surface area contributed by atoms with E-state index in [1.165, 1.54) is 38.1 Å². The largest absolute Gasteiger partial charge is 0.444 e. The van der Waals surface area contributed by atoms with Crippen molar-refractivity contribution in [3.8, 4) is 0 Å². The normalized spacial score (nSPS) is 11.8. The van der Waals surface area contributed by atoms with Gasteiger partial charge in [-0.15, -0.1) is 0 Å². The van der Waals surface area contributed by atoms with Gasteiger partial charge in [0.1, 0.15) is 10.5 Å². The van der Waals surface area contributed by atoms with Crippen molar-refractivity contribution in [2.45, 2.75) is 45.1 Å². The Bertz CT molecular complexity index is 738. The Labute approximate surface area is 142 Å². The second kappa shape index (κ2) is 7.16. The van der Waals surface area contributed by atoms with Gasteiger partial charge in [-0.2, -0.15) is 0 Å². The van der Waals surface area contributed by atoms with E-state index in [0.717, 1.165) is 0 Å². The summed E-state index contributed by atoms with van der Waals surface area (Å²) in [7, 11) is -2.17. The summed E-state index contributed by atoms with van der Waals surface area (Å²) in [6.07, 6.45) is 0.498. The highest BCUT2D eigenvalue weighted by Gasteiger charge is 2.24. The molecule has 0 aliphatic carbocycles. The molecule has 0 atom stereocenters. The van der Waals surface area contributed by atoms with Gasteiger partial charge in [-0.3, -0.25) is 10.1 Å². The van der Waals surface area contributed by atoms with Crippen molar-refractivity contribution in [2.24, 2.45) is 0 Å². The molecule has 1 aromatic heterocycles. The molecule has 1 aromatic rings. The summed E-state index contributed by atoms with van der Waals surface area (Å²) in [5, 5.41) is 2.35. The zero-order valence-electron chi connectivity index (χ0n) is 14.7. The van der Waals surface area contributed by atoms with Crippen LogP contribution in [0.4, 0.5) is 16.3 Å². The first-order valence-corrected chi connectivity index (χ1v) is 8.99. The molecule has 0 fully saturated rings. The predicted octanol–water partition coefficient (Wildman–Crippen LogP) is 2.20. The number of pyridine rings is 1. The molecule has 24 heavy (non-hydrogen) atoms. The maximum Gasteiger partial charge on any atom is 0.413 e. The standard InChI is InChI=1S/C15H23N3O5S/c1-7-24(21,22)12-8-11(18(6)10(2)19)9-16-13(12)17-14(20)23-15(3,4)5/h8-9H,7H2,1-6H3,(H,16,17,20). The first-order valence-electron chi connectivity index (χ1n) is 7.34. The van der Waals surface area contributed by atoms with E-state index in [4.69, 9.17) is 4.74 Å². The fraction of sp³-hybridized carbons (Fsp3) is 0.533. The molecule has 0 unspecified atom stereocenters. The molecule has 0 aliphatic heterocycles. The molecule has 0 bridgehead atoms. The number of nitrogens with zero attached hydrogens (tertiary/aromatic N) is 2. The molecule has 0 saturated carbocycles. The highest BCUT2D eigenvalue weighted by atomic mass is 32.2. The van der Waals surface area contributed by atoms with Crippen LogP contribution in [0.5, 0.6) is 0 Å². The second-order valence-corrected chi connectivity index (χ2v) is 8.40. The van der Waals surface area contributed by atoms with Gasteiger partial charge in [0.05, 0.1) is 17.6 Å². The maximum atomic E-state index is 12.3. The van der Waals surface area contributed by atoms with Crippen LogP contribution in [0.3, 0.4) is 0 Å². The number of anilines is 2. The summed E-state index contributed by atoms with van der Waals surface area (Å²) >= 11 is 0. The van der Waals surface area contributed by atoms with Gasteiger partial charge in [-0.05, 0) is 26.8 Å². The number of hydrogen-bond donors (Lipinski definition) is 1. The van der Waals surface area contributed by atoms with Gasteiger partial charge < -0.3 is 9.64 Å². The van der Waals surface area contributed by atoms with Crippen molar-refractivity contribution in [2.75, 3.05) is 23.0 Å². The molecule has 134 valence electrons. The highest BCUT2D eigenvalue weighted by Crippen LogP contribution is 2.26. The molecular formula is C15H23N3O5S. The predicted molar refractivity (Wildman–Crippen MR) is 90.9 cm³/mol. The average molecular weight is 357 g/mol. The maximum absolute atomic E-state index is 12.3. The van der Waals surface area contributed by atoms with E-state index in [2.05, 4.69) is 10.3 Å². The molecule has 1 heterocycles. The minimum atomic E-state index is -3.67. The Kier molecular flexibility index (Phi) is 5.94. The second-order valence-electron chi connectivity index (χ2n) is 6.15. The number of sulfone groups is 1. The van der Waals surface area contributed by atoms with Gasteiger partial charge in [-0.1, -0.05) is 6.92 Å². The third kappa shape index (κ3) is 5.19. The fourth-order valence-electron chi connectivity index (χ4n) is 1.69. The Balaban J connectivity index is 3.30. The topological polar surface area (TPSA) is 106 Å². The molecule has 0 spiro atoms. The number of nitrogens with one attached hydrogen (secondary N) is 1. The molecule has 1 rings (SSSR count). The molecular weight excluding hydrogens is 334 g/mol. The van der Waals surface area contributed by atoms with Crippen molar-refractivity contribution in [3.63, 3.8) is 0 Å². The first-order chi connectivity index (χ1) is 10.9. The lowest BCUT2D eigenvalue weighted by Gasteiger charge is -2.21. The van der Waals surface area contributed by atoms with Crippen LogP contribution in [0.25, 0.3) is 0 Å². The monoisotopic (exact) mass is 357 g/mol. The number of aromatic nitrogens is 1. The van der Waals surface area contributed by atoms with E-state index in [9.17, 15) is 18.0 Å². The van der Waals surface area contributed by atoms with Crippen LogP contribution in [-0.4, -0.2) is 43.8 Å². The number of hydrogen-bond acceptors (Lipinski definition) is 6. The van der Waals surface area contributed by atoms with E-state index in [-0.39, 0.29) is 22.4 Å². The van der Waals surface area contributed by atoms with Gasteiger partial charge in [0, 0.05) is 14.0 Å². The smallest absolute Gasteiger partial charge is 0.413 e. The lowest BCUT2D eigenvalue weighted by atomic mass is 10.2. The summed E-state index contributed by atoms with van der Waals surface area (Å²) in [5.74, 6) is -0.582. The molecule has 8 nitrogen and oxygen atoms in total. The summed E-state index contributed by atoms with van der Waals surface area (Å²) < 4.78 is 29.7. The zero-order valence-corrected chi connectivity index (χ0v) is 15.5. The Morgan fingerprint density at radius 1 is 1.33 bits per heavy atom. The number of rotatable bonds is 4. The average Bonchev–Trinajstić information content (AvgIpc) is 2.44. The molecule has 0 radical (unpaired) electrons. The van der Waals surface area contributed by atoms with Crippen molar-refractivity contribution in [3.05, 3.63) is 12.3 Å². The fourth-order valence-corrected chi connectivity index (χ4v) is 2.70. The van der Waals surface area contributed by atoms with Crippen molar-refractivity contribution >= 4 is 33.3 Å². The van der Waals surface area contributed by atoms with E-state index < -0.39 is 21.5 Å². The van der Waals surface area contributed by atoms with E-state index in [0.29, 0.717) is 5.69 Å². The molecule has 0 aliphatic rings. The molecule has 0 aromatic carbocycles. The van der Waals surface area contributed by atoms with Gasteiger partial charge in [0.25, 0.3) is 0 Å². The summed E-state index contributed by atoms with van der Waals surface area (Å²) in [5.41, 5.74) is -0.424. The van der Waals surface area contributed by atoms with Crippen LogP contribution in [0, 0.1) is 0 Å². The van der Waals surface area contributed by atoms with Crippen LogP contribution in [0.15, 0.2) is 17.2 Å². The van der Waals surface area contributed by atoms with E-state index in [1.807, 2.05) is 0 Å². The Morgan fingerprint density at radius 3 is 2.38 bits per heavy atom.